The quantitative estimate of drug-likeness (QED) is 0.400. The zero-order valence-electron chi connectivity index (χ0n) is 12.7. The maximum atomic E-state index is 12.1. The minimum absolute atomic E-state index is 0.00635. The van der Waals surface area contributed by atoms with E-state index < -0.39 is 36.5 Å². The maximum Gasteiger partial charge on any atom is 0.258 e. The fraction of sp³-hybridized carbons (Fsp3) is 0.357. The molecule has 2 atom stereocenters. The summed E-state index contributed by atoms with van der Waals surface area (Å²) in [6, 6.07) is 2.53. The van der Waals surface area contributed by atoms with E-state index in [-0.39, 0.29) is 22.4 Å². The van der Waals surface area contributed by atoms with Gasteiger partial charge in [-0.25, -0.2) is 0 Å². The summed E-state index contributed by atoms with van der Waals surface area (Å²) >= 11 is 0. The first-order valence-electron chi connectivity index (χ1n) is 6.60. The van der Waals surface area contributed by atoms with Gasteiger partial charge in [0.25, 0.3) is 5.91 Å². The molecule has 9 nitrogen and oxygen atoms in total. The van der Waals surface area contributed by atoms with Crippen LogP contribution in [0.25, 0.3) is 0 Å². The highest BCUT2D eigenvalue weighted by molar-refractivity contribution is 6.04. The van der Waals surface area contributed by atoms with Gasteiger partial charge in [0.05, 0.1) is 6.61 Å². The molecule has 0 aromatic heterocycles. The van der Waals surface area contributed by atoms with Crippen molar-refractivity contribution in [2.24, 2.45) is 11.5 Å². The summed E-state index contributed by atoms with van der Waals surface area (Å²) in [6.45, 7) is 0.671. The van der Waals surface area contributed by atoms with Gasteiger partial charge >= 0.3 is 0 Å². The lowest BCUT2D eigenvalue weighted by atomic mass is 9.99. The molecule has 9 heteroatoms. The topological polar surface area (TPSA) is 167 Å². The normalized spacial score (nSPS) is 13.3. The van der Waals surface area contributed by atoms with E-state index in [4.69, 9.17) is 16.6 Å². The molecule has 0 fully saturated rings. The second-order valence-electron chi connectivity index (χ2n) is 4.99. The minimum atomic E-state index is -1.87. The molecule has 7 N–H and O–H groups in total. The summed E-state index contributed by atoms with van der Waals surface area (Å²) in [4.78, 5) is 35.9. The average molecular weight is 325 g/mol. The van der Waals surface area contributed by atoms with Crippen LogP contribution in [0.4, 0.5) is 5.69 Å². The van der Waals surface area contributed by atoms with Gasteiger partial charge in [-0.15, -0.1) is 0 Å². The Bertz CT molecular complexity index is 610. The molecule has 126 valence electrons. The van der Waals surface area contributed by atoms with Gasteiger partial charge in [-0.1, -0.05) is 0 Å². The van der Waals surface area contributed by atoms with Crippen LogP contribution in [0.15, 0.2) is 12.1 Å². The van der Waals surface area contributed by atoms with Gasteiger partial charge in [-0.05, 0) is 24.6 Å². The number of aliphatic hydroxyl groups excluding tert-OH is 3. The number of nitrogens with two attached hydrogens (primary N) is 2. The second-order valence-corrected chi connectivity index (χ2v) is 4.99. The highest BCUT2D eigenvalue weighted by Gasteiger charge is 2.28. The van der Waals surface area contributed by atoms with Crippen LogP contribution in [0, 0.1) is 6.92 Å². The molecule has 3 amide bonds. The molecule has 0 aliphatic rings. The SMILES string of the molecule is Cc1c(C(N)=O)cc(N(C)C(=O)C(O)C(O)CO)cc1C(N)=O. The third-order valence-electron chi connectivity index (χ3n) is 3.45. The van der Waals surface area contributed by atoms with E-state index >= 15 is 0 Å². The number of rotatable bonds is 6. The summed E-state index contributed by atoms with van der Waals surface area (Å²) in [7, 11) is 1.26. The number of aliphatic hydroxyl groups is 3. The van der Waals surface area contributed by atoms with E-state index in [1.54, 1.807) is 0 Å². The number of anilines is 1. The molecule has 0 radical (unpaired) electrons. The molecule has 23 heavy (non-hydrogen) atoms. The van der Waals surface area contributed by atoms with E-state index in [1.807, 2.05) is 0 Å². The van der Waals surface area contributed by atoms with Crippen molar-refractivity contribution in [2.75, 3.05) is 18.6 Å². The molecule has 1 aromatic carbocycles. The maximum absolute atomic E-state index is 12.1. The van der Waals surface area contributed by atoms with Crippen LogP contribution in [-0.2, 0) is 4.79 Å². The number of primary amides is 2. The zero-order valence-corrected chi connectivity index (χ0v) is 12.7. The molecule has 2 unspecified atom stereocenters. The summed E-state index contributed by atoms with van der Waals surface area (Å²) in [5.74, 6) is -2.58. The van der Waals surface area contributed by atoms with Crippen molar-refractivity contribution in [3.63, 3.8) is 0 Å². The van der Waals surface area contributed by atoms with Crippen LogP contribution >= 0.6 is 0 Å². The monoisotopic (exact) mass is 325 g/mol. The van der Waals surface area contributed by atoms with Crippen molar-refractivity contribution in [1.29, 1.82) is 0 Å². The predicted octanol–water partition coefficient (Wildman–Crippen LogP) is -2.13. The van der Waals surface area contributed by atoms with Crippen LogP contribution in [-0.4, -0.2) is 58.9 Å². The number of carbonyl (C=O) groups excluding carboxylic acids is 3. The van der Waals surface area contributed by atoms with Crippen LogP contribution in [0.5, 0.6) is 0 Å². The molecule has 1 aromatic rings. The summed E-state index contributed by atoms with van der Waals surface area (Å²) in [5.41, 5.74) is 10.8. The lowest BCUT2D eigenvalue weighted by Crippen LogP contribution is -2.44. The van der Waals surface area contributed by atoms with Gasteiger partial charge in [0, 0.05) is 23.9 Å². The van der Waals surface area contributed by atoms with Crippen molar-refractivity contribution < 1.29 is 29.7 Å². The van der Waals surface area contributed by atoms with Gasteiger partial charge in [-0.3, -0.25) is 14.4 Å². The summed E-state index contributed by atoms with van der Waals surface area (Å²) < 4.78 is 0. The standard InChI is InChI=1S/C14H19N3O6/c1-6-8(12(15)21)3-7(4-9(6)13(16)22)17(2)14(23)11(20)10(19)5-18/h3-4,10-11,18-20H,5H2,1-2H3,(H2,15,21)(H2,16,22). The Morgan fingerprint density at radius 1 is 1.13 bits per heavy atom. The number of nitrogens with zero attached hydrogens (tertiary/aromatic N) is 1. The third-order valence-corrected chi connectivity index (χ3v) is 3.45. The number of amides is 3. The van der Waals surface area contributed by atoms with Crippen molar-refractivity contribution >= 4 is 23.4 Å². The lowest BCUT2D eigenvalue weighted by Gasteiger charge is -2.24. The average Bonchev–Trinajstić information content (AvgIpc) is 2.51. The molecular weight excluding hydrogens is 306 g/mol. The third kappa shape index (κ3) is 3.83. The molecule has 0 aliphatic carbocycles. The summed E-state index contributed by atoms with van der Waals surface area (Å²) in [5, 5.41) is 27.7. The fourth-order valence-electron chi connectivity index (χ4n) is 1.99. The van der Waals surface area contributed by atoms with Gasteiger partial charge in [0.2, 0.25) is 11.8 Å². The second kappa shape index (κ2) is 7.18. The molecule has 0 spiro atoms. The highest BCUT2D eigenvalue weighted by Crippen LogP contribution is 2.23. The number of hydrogen-bond donors (Lipinski definition) is 5. The largest absolute Gasteiger partial charge is 0.394 e. The van der Waals surface area contributed by atoms with E-state index in [1.165, 1.54) is 26.1 Å². The van der Waals surface area contributed by atoms with Gasteiger partial charge in [-0.2, -0.15) is 0 Å². The van der Waals surface area contributed by atoms with E-state index in [9.17, 15) is 24.6 Å². The molecule has 0 saturated heterocycles. The smallest absolute Gasteiger partial charge is 0.258 e. The zero-order chi connectivity index (χ0) is 17.9. The van der Waals surface area contributed by atoms with Gasteiger partial charge in [0.15, 0.2) is 6.10 Å². The van der Waals surface area contributed by atoms with Gasteiger partial charge in [0.1, 0.15) is 6.10 Å². The number of likely N-dealkylation sites (N-methyl/N-ethyl adjacent to an activating group) is 1. The fourth-order valence-corrected chi connectivity index (χ4v) is 1.99. The van der Waals surface area contributed by atoms with E-state index in [0.717, 1.165) is 4.90 Å². The Morgan fingerprint density at radius 3 is 1.91 bits per heavy atom. The summed E-state index contributed by atoms with van der Waals surface area (Å²) in [6.07, 6.45) is -3.54. The molecule has 0 saturated carbocycles. The molecule has 0 bridgehead atoms. The van der Waals surface area contributed by atoms with Crippen LogP contribution in [0.2, 0.25) is 0 Å². The van der Waals surface area contributed by atoms with Crippen LogP contribution in [0.1, 0.15) is 26.3 Å². The predicted molar refractivity (Wildman–Crippen MR) is 80.7 cm³/mol. The van der Waals surface area contributed by atoms with Crippen molar-refractivity contribution in [1.82, 2.24) is 0 Å². The highest BCUT2D eigenvalue weighted by atomic mass is 16.4. The van der Waals surface area contributed by atoms with E-state index in [0.29, 0.717) is 0 Å². The van der Waals surface area contributed by atoms with E-state index in [2.05, 4.69) is 0 Å². The van der Waals surface area contributed by atoms with Crippen LogP contribution < -0.4 is 16.4 Å². The lowest BCUT2D eigenvalue weighted by molar-refractivity contribution is -0.133. The first kappa shape index (κ1) is 18.6. The molecular formula is C14H19N3O6. The number of benzene rings is 1. The Balaban J connectivity index is 3.34. The number of hydrogen-bond acceptors (Lipinski definition) is 6. The number of carbonyl (C=O) groups is 3. The Labute approximate surface area is 132 Å². The van der Waals surface area contributed by atoms with Crippen LogP contribution in [0.3, 0.4) is 0 Å². The molecule has 0 aliphatic heterocycles. The first-order chi connectivity index (χ1) is 10.6. The Hall–Kier alpha value is -2.49. The molecule has 1 rings (SSSR count). The van der Waals surface area contributed by atoms with Crippen molar-refractivity contribution in [3.8, 4) is 0 Å². The minimum Gasteiger partial charge on any atom is -0.394 e. The van der Waals surface area contributed by atoms with Gasteiger partial charge < -0.3 is 31.7 Å². The van der Waals surface area contributed by atoms with Crippen molar-refractivity contribution in [3.05, 3.63) is 28.8 Å². The Kier molecular flexibility index (Phi) is 5.79. The Morgan fingerprint density at radius 2 is 1.57 bits per heavy atom. The van der Waals surface area contributed by atoms with Crippen molar-refractivity contribution in [2.45, 2.75) is 19.1 Å². The first-order valence-corrected chi connectivity index (χ1v) is 6.60. The molecule has 0 heterocycles.